The maximum absolute atomic E-state index is 14.2. The third-order valence-corrected chi connectivity index (χ3v) is 9.32. The second kappa shape index (κ2) is 10.4. The van der Waals surface area contributed by atoms with E-state index in [2.05, 4.69) is 16.9 Å². The van der Waals surface area contributed by atoms with E-state index in [1.54, 1.807) is 6.92 Å². The SMILES string of the molecule is C=C1[C@@H](C)[C@H]2[C@H](Cc3c[nH]c4ccccc34)NC(=O)[C@@]23C(=O)CC[C@H](O)C(=O)/C(C)=C/[C@@H](C)C/C=C/[C@H]3[C@@H]1O. The van der Waals surface area contributed by atoms with Crippen molar-refractivity contribution in [2.24, 2.45) is 29.1 Å². The molecule has 7 nitrogen and oxygen atoms in total. The van der Waals surface area contributed by atoms with Crippen molar-refractivity contribution < 1.29 is 24.6 Å². The van der Waals surface area contributed by atoms with Gasteiger partial charge in [0, 0.05) is 41.4 Å². The number of aliphatic hydroxyl groups is 2. The van der Waals surface area contributed by atoms with Gasteiger partial charge in [0.25, 0.3) is 0 Å². The van der Waals surface area contributed by atoms with Crippen LogP contribution >= 0.6 is 0 Å². The fraction of sp³-hybridized carbons (Fsp3) is 0.469. The lowest BCUT2D eigenvalue weighted by atomic mass is 9.51. The van der Waals surface area contributed by atoms with E-state index in [1.165, 1.54) is 0 Å². The van der Waals surface area contributed by atoms with Gasteiger partial charge >= 0.3 is 0 Å². The number of hydrogen-bond donors (Lipinski definition) is 4. The number of hydrogen-bond acceptors (Lipinski definition) is 5. The normalized spacial score (nSPS) is 38.1. The number of amides is 1. The number of carbonyl (C=O) groups excluding carboxylic acids is 3. The first-order valence-electron chi connectivity index (χ1n) is 13.9. The third kappa shape index (κ3) is 4.42. The minimum Gasteiger partial charge on any atom is -0.388 e. The Labute approximate surface area is 229 Å². The van der Waals surface area contributed by atoms with Crippen molar-refractivity contribution in [1.82, 2.24) is 10.3 Å². The highest BCUT2D eigenvalue weighted by Crippen LogP contribution is 2.57. The molecule has 5 rings (SSSR count). The molecular formula is C32H38N2O5. The van der Waals surface area contributed by atoms with Gasteiger partial charge in [-0.05, 0) is 60.8 Å². The monoisotopic (exact) mass is 530 g/mol. The molecule has 2 aromatic rings. The molecule has 1 saturated heterocycles. The Morgan fingerprint density at radius 1 is 1.13 bits per heavy atom. The number of nitrogens with one attached hydrogen (secondary N) is 2. The predicted octanol–water partition coefficient (Wildman–Crippen LogP) is 3.82. The lowest BCUT2D eigenvalue weighted by Crippen LogP contribution is -2.58. The van der Waals surface area contributed by atoms with Crippen LogP contribution in [0.15, 0.2) is 66.4 Å². The van der Waals surface area contributed by atoms with Gasteiger partial charge in [-0.3, -0.25) is 14.4 Å². The summed E-state index contributed by atoms with van der Waals surface area (Å²) in [6, 6.07) is 7.61. The van der Waals surface area contributed by atoms with Gasteiger partial charge in [0.15, 0.2) is 5.78 Å². The molecule has 1 aromatic carbocycles. The topological polar surface area (TPSA) is 119 Å². The second-order valence-electron chi connectivity index (χ2n) is 11.7. The van der Waals surface area contributed by atoms with Gasteiger partial charge in [-0.1, -0.05) is 56.9 Å². The first-order chi connectivity index (χ1) is 18.6. The quantitative estimate of drug-likeness (QED) is 0.348. The van der Waals surface area contributed by atoms with Crippen LogP contribution in [-0.4, -0.2) is 50.9 Å². The van der Waals surface area contributed by atoms with Crippen molar-refractivity contribution in [2.75, 3.05) is 0 Å². The zero-order valence-electron chi connectivity index (χ0n) is 22.8. The Kier molecular flexibility index (Phi) is 7.25. The van der Waals surface area contributed by atoms with Gasteiger partial charge < -0.3 is 20.5 Å². The second-order valence-corrected chi connectivity index (χ2v) is 11.7. The highest BCUT2D eigenvalue weighted by atomic mass is 16.3. The summed E-state index contributed by atoms with van der Waals surface area (Å²) in [4.78, 5) is 44.4. The van der Waals surface area contributed by atoms with Crippen LogP contribution in [0.1, 0.15) is 45.6 Å². The fourth-order valence-electron chi connectivity index (χ4n) is 7.30. The van der Waals surface area contributed by atoms with Gasteiger partial charge in [-0.2, -0.15) is 0 Å². The molecule has 1 amide bonds. The summed E-state index contributed by atoms with van der Waals surface area (Å²) in [5.74, 6) is -2.71. The zero-order valence-corrected chi connectivity index (χ0v) is 22.8. The summed E-state index contributed by atoms with van der Waals surface area (Å²) >= 11 is 0. The van der Waals surface area contributed by atoms with Crippen molar-refractivity contribution >= 4 is 28.4 Å². The van der Waals surface area contributed by atoms with Crippen LogP contribution in [0.5, 0.6) is 0 Å². The summed E-state index contributed by atoms with van der Waals surface area (Å²) in [5.41, 5.74) is 1.58. The third-order valence-electron chi connectivity index (χ3n) is 9.32. The summed E-state index contributed by atoms with van der Waals surface area (Å²) in [5, 5.41) is 26.3. The molecule has 1 spiro atoms. The number of para-hydroxylation sites is 1. The molecule has 3 aliphatic rings. The molecule has 4 N–H and O–H groups in total. The molecule has 0 unspecified atom stereocenters. The molecule has 1 aliphatic heterocycles. The molecule has 0 bridgehead atoms. The van der Waals surface area contributed by atoms with E-state index in [0.717, 1.165) is 16.5 Å². The summed E-state index contributed by atoms with van der Waals surface area (Å²) in [6.07, 6.45) is 5.94. The first kappa shape index (κ1) is 27.3. The Balaban J connectivity index is 1.60. The van der Waals surface area contributed by atoms with Gasteiger partial charge in [-0.25, -0.2) is 0 Å². The molecule has 2 aliphatic carbocycles. The fourth-order valence-corrected chi connectivity index (χ4v) is 7.30. The van der Waals surface area contributed by atoms with Crippen molar-refractivity contribution in [3.8, 4) is 0 Å². The number of Topliss-reactive ketones (excluding diaryl/α,β-unsaturated/α-hetero) is 2. The van der Waals surface area contributed by atoms with Crippen LogP contribution < -0.4 is 5.32 Å². The van der Waals surface area contributed by atoms with Crippen molar-refractivity contribution in [3.05, 3.63) is 72.0 Å². The number of benzene rings is 1. The predicted molar refractivity (Wildman–Crippen MR) is 150 cm³/mol. The number of H-pyrrole nitrogens is 1. The summed E-state index contributed by atoms with van der Waals surface area (Å²) < 4.78 is 0. The molecule has 206 valence electrons. The summed E-state index contributed by atoms with van der Waals surface area (Å²) in [6.45, 7) is 9.79. The number of aliphatic hydroxyl groups excluding tert-OH is 2. The van der Waals surface area contributed by atoms with E-state index in [0.29, 0.717) is 24.0 Å². The minimum absolute atomic E-state index is 0.00418. The lowest BCUT2D eigenvalue weighted by Gasteiger charge is -2.49. The summed E-state index contributed by atoms with van der Waals surface area (Å²) in [7, 11) is 0. The number of allylic oxidation sites excluding steroid dienone is 2. The number of fused-ring (bicyclic) bond motifs is 1. The van der Waals surface area contributed by atoms with Gasteiger partial charge in [0.05, 0.1) is 6.10 Å². The number of aromatic amines is 1. The molecule has 2 fully saturated rings. The van der Waals surface area contributed by atoms with E-state index in [4.69, 9.17) is 0 Å². The van der Waals surface area contributed by atoms with Gasteiger partial charge in [-0.15, -0.1) is 0 Å². The number of ketones is 2. The molecule has 8 atom stereocenters. The Bertz CT molecular complexity index is 1390. The molecule has 1 aromatic heterocycles. The highest BCUT2D eigenvalue weighted by Gasteiger charge is 2.68. The average molecular weight is 531 g/mol. The zero-order chi connectivity index (χ0) is 28.1. The van der Waals surface area contributed by atoms with Crippen LogP contribution in [0.2, 0.25) is 0 Å². The molecule has 0 radical (unpaired) electrons. The van der Waals surface area contributed by atoms with Crippen LogP contribution in [0.3, 0.4) is 0 Å². The largest absolute Gasteiger partial charge is 0.388 e. The molecule has 2 heterocycles. The average Bonchev–Trinajstić information content (AvgIpc) is 3.45. The van der Waals surface area contributed by atoms with E-state index in [1.807, 2.05) is 62.5 Å². The van der Waals surface area contributed by atoms with Crippen molar-refractivity contribution in [1.29, 1.82) is 0 Å². The van der Waals surface area contributed by atoms with Gasteiger partial charge in [0.2, 0.25) is 5.91 Å². The molecule has 39 heavy (non-hydrogen) atoms. The standard InChI is InChI=1S/C32H38N2O5/c1-17-8-7-10-23-30(38)20(4)19(3)28-25(15-21-16-33-24-11-6-5-9-22(21)24)34-31(39)32(23,28)27(36)13-12-26(35)29(37)18(2)14-17/h5-7,9-11,14,16-17,19,23,25-26,28,30,33,35,38H,4,8,12-13,15H2,1-3H3,(H,34,39)/b10-7+,18-14+/t17-,19+,23-,25-,26-,28-,30+,32-/m0/s1. The van der Waals surface area contributed by atoms with Crippen LogP contribution in [0, 0.1) is 29.1 Å². The van der Waals surface area contributed by atoms with Crippen LogP contribution in [0.4, 0.5) is 0 Å². The van der Waals surface area contributed by atoms with Crippen LogP contribution in [0.25, 0.3) is 10.9 Å². The maximum Gasteiger partial charge on any atom is 0.235 e. The molecule has 7 heteroatoms. The van der Waals surface area contributed by atoms with E-state index in [9.17, 15) is 24.6 Å². The number of aromatic nitrogens is 1. The molecule has 1 saturated carbocycles. The Hall–Kier alpha value is -3.29. The van der Waals surface area contributed by atoms with Gasteiger partial charge in [0.1, 0.15) is 17.3 Å². The minimum atomic E-state index is -1.53. The van der Waals surface area contributed by atoms with E-state index < -0.39 is 41.1 Å². The smallest absolute Gasteiger partial charge is 0.235 e. The van der Waals surface area contributed by atoms with Crippen molar-refractivity contribution in [3.63, 3.8) is 0 Å². The first-order valence-corrected chi connectivity index (χ1v) is 13.9. The number of carbonyl (C=O) groups is 3. The molecular weight excluding hydrogens is 492 g/mol. The van der Waals surface area contributed by atoms with E-state index >= 15 is 0 Å². The highest BCUT2D eigenvalue weighted by molar-refractivity contribution is 6.09. The Morgan fingerprint density at radius 2 is 1.87 bits per heavy atom. The number of rotatable bonds is 2. The van der Waals surface area contributed by atoms with Crippen molar-refractivity contribution in [2.45, 2.75) is 64.7 Å². The Morgan fingerprint density at radius 3 is 2.64 bits per heavy atom. The van der Waals surface area contributed by atoms with Crippen LogP contribution in [-0.2, 0) is 20.8 Å². The lowest BCUT2D eigenvalue weighted by molar-refractivity contribution is -0.152. The maximum atomic E-state index is 14.2. The van der Waals surface area contributed by atoms with E-state index in [-0.39, 0.29) is 36.5 Å².